The van der Waals surface area contributed by atoms with Crippen molar-refractivity contribution in [2.75, 3.05) is 16.8 Å². The van der Waals surface area contributed by atoms with E-state index in [2.05, 4.69) is 10.3 Å². The number of alkyl halides is 3. The van der Waals surface area contributed by atoms with Gasteiger partial charge in [0.15, 0.2) is 0 Å². The first-order valence-corrected chi connectivity index (χ1v) is 9.99. The van der Waals surface area contributed by atoms with Crippen molar-refractivity contribution in [2.24, 2.45) is 0 Å². The highest BCUT2D eigenvalue weighted by Crippen LogP contribution is 2.28. The molecule has 3 rings (SSSR count). The van der Waals surface area contributed by atoms with Crippen LogP contribution in [0.25, 0.3) is 0 Å². The number of rotatable bonds is 6. The molecule has 0 saturated heterocycles. The summed E-state index contributed by atoms with van der Waals surface area (Å²) in [6, 6.07) is 18.0. The number of carbonyl (C=O) groups is 2. The lowest BCUT2D eigenvalue weighted by Crippen LogP contribution is -2.31. The van der Waals surface area contributed by atoms with Gasteiger partial charge in [0.25, 0.3) is 5.91 Å². The summed E-state index contributed by atoms with van der Waals surface area (Å²) in [5, 5.41) is 2.64. The van der Waals surface area contributed by atoms with Gasteiger partial charge in [0.05, 0.1) is 17.7 Å². The van der Waals surface area contributed by atoms with E-state index in [1.165, 1.54) is 6.92 Å². The molecule has 1 aromatic heterocycles. The summed E-state index contributed by atoms with van der Waals surface area (Å²) in [6.07, 6.45) is -4.38. The fourth-order valence-corrected chi connectivity index (χ4v) is 3.24. The number of amides is 2. The van der Waals surface area contributed by atoms with Crippen LogP contribution < -0.4 is 10.2 Å². The van der Waals surface area contributed by atoms with Gasteiger partial charge in [-0.25, -0.2) is 4.98 Å². The summed E-state index contributed by atoms with van der Waals surface area (Å²) >= 11 is 0. The normalized spacial score (nSPS) is 11.2. The molecule has 5 nitrogen and oxygen atoms in total. The molecule has 0 aliphatic rings. The van der Waals surface area contributed by atoms with Crippen LogP contribution in [0.15, 0.2) is 66.7 Å². The first-order chi connectivity index (χ1) is 15.2. The largest absolute Gasteiger partial charge is 0.433 e. The number of halogens is 3. The van der Waals surface area contributed by atoms with Crippen molar-refractivity contribution in [3.05, 3.63) is 89.2 Å². The van der Waals surface area contributed by atoms with Crippen molar-refractivity contribution in [3.8, 4) is 0 Å². The molecule has 0 aliphatic heterocycles. The number of nitrogens with one attached hydrogen (secondary N) is 1. The van der Waals surface area contributed by atoms with Crippen molar-refractivity contribution in [2.45, 2.75) is 26.4 Å². The lowest BCUT2D eigenvalue weighted by atomic mass is 10.1. The number of hydrogen-bond donors (Lipinski definition) is 1. The maximum Gasteiger partial charge on any atom is 0.433 e. The number of benzene rings is 2. The molecule has 1 heterocycles. The minimum Gasteiger partial charge on any atom is -0.322 e. The van der Waals surface area contributed by atoms with Gasteiger partial charge < -0.3 is 10.2 Å². The fourth-order valence-electron chi connectivity index (χ4n) is 3.24. The van der Waals surface area contributed by atoms with Gasteiger partial charge in [-0.05, 0) is 55.8 Å². The standard InChI is InChI=1S/C24H22F3N3O2/c1-3-30(19-7-5-4-6-8-19)22(31)15-17-9-11-18(12-10-17)29-23(32)20-13-14-21(24(25,26)27)28-16(20)2/h4-14H,3,15H2,1-2H3,(H,29,32). The molecule has 0 radical (unpaired) electrons. The number of carbonyl (C=O) groups excluding carboxylic acids is 2. The molecule has 0 aliphatic carbocycles. The zero-order chi connectivity index (χ0) is 23.3. The SMILES string of the molecule is CCN(C(=O)Cc1ccc(NC(=O)c2ccc(C(F)(F)F)nc2C)cc1)c1ccccc1. The van der Waals surface area contributed by atoms with E-state index < -0.39 is 17.8 Å². The van der Waals surface area contributed by atoms with Crippen LogP contribution >= 0.6 is 0 Å². The maximum atomic E-state index is 12.8. The topological polar surface area (TPSA) is 62.3 Å². The molecule has 0 spiro atoms. The van der Waals surface area contributed by atoms with Crippen LogP contribution in [0.3, 0.4) is 0 Å². The monoisotopic (exact) mass is 441 g/mol. The van der Waals surface area contributed by atoms with Gasteiger partial charge in [-0.1, -0.05) is 30.3 Å². The van der Waals surface area contributed by atoms with Crippen molar-refractivity contribution in [1.82, 2.24) is 4.98 Å². The lowest BCUT2D eigenvalue weighted by Gasteiger charge is -2.21. The van der Waals surface area contributed by atoms with Crippen LogP contribution in [0.2, 0.25) is 0 Å². The Kier molecular flexibility index (Phi) is 6.92. The summed E-state index contributed by atoms with van der Waals surface area (Å²) in [5.74, 6) is -0.615. The Balaban J connectivity index is 1.66. The second-order valence-electron chi connectivity index (χ2n) is 7.13. The number of nitrogens with zero attached hydrogens (tertiary/aromatic N) is 2. The average Bonchev–Trinajstić information content (AvgIpc) is 2.75. The number of para-hydroxylation sites is 1. The molecule has 2 aromatic carbocycles. The van der Waals surface area contributed by atoms with Crippen LogP contribution in [0.4, 0.5) is 24.5 Å². The Bertz CT molecular complexity index is 1100. The third kappa shape index (κ3) is 5.51. The Morgan fingerprint density at radius 2 is 1.62 bits per heavy atom. The van der Waals surface area contributed by atoms with Gasteiger partial charge in [-0.2, -0.15) is 13.2 Å². The third-order valence-corrected chi connectivity index (χ3v) is 4.87. The van der Waals surface area contributed by atoms with E-state index in [1.54, 1.807) is 29.2 Å². The molecule has 0 saturated carbocycles. The van der Waals surface area contributed by atoms with E-state index in [9.17, 15) is 22.8 Å². The number of hydrogen-bond acceptors (Lipinski definition) is 3. The van der Waals surface area contributed by atoms with E-state index in [4.69, 9.17) is 0 Å². The van der Waals surface area contributed by atoms with Crippen molar-refractivity contribution in [1.29, 1.82) is 0 Å². The van der Waals surface area contributed by atoms with Crippen LogP contribution in [0, 0.1) is 6.92 Å². The summed E-state index contributed by atoms with van der Waals surface area (Å²) in [6.45, 7) is 3.80. The zero-order valence-electron chi connectivity index (χ0n) is 17.6. The quantitative estimate of drug-likeness (QED) is 0.568. The Morgan fingerprint density at radius 1 is 0.969 bits per heavy atom. The number of likely N-dealkylation sites (N-methyl/N-ethyl adjacent to an activating group) is 1. The number of aromatic nitrogens is 1. The van der Waals surface area contributed by atoms with E-state index in [0.29, 0.717) is 12.2 Å². The minimum absolute atomic E-state index is 0.0138. The molecule has 8 heteroatoms. The minimum atomic E-state index is -4.57. The maximum absolute atomic E-state index is 12.8. The second kappa shape index (κ2) is 9.64. The number of anilines is 2. The van der Waals surface area contributed by atoms with Gasteiger partial charge in [-0.15, -0.1) is 0 Å². The van der Waals surface area contributed by atoms with Crippen molar-refractivity contribution in [3.63, 3.8) is 0 Å². The third-order valence-electron chi connectivity index (χ3n) is 4.87. The molecular weight excluding hydrogens is 419 g/mol. The van der Waals surface area contributed by atoms with Gasteiger partial charge in [-0.3, -0.25) is 9.59 Å². The van der Waals surface area contributed by atoms with Crippen molar-refractivity contribution < 1.29 is 22.8 Å². The number of pyridine rings is 1. The van der Waals surface area contributed by atoms with Gasteiger partial charge in [0.1, 0.15) is 5.69 Å². The highest BCUT2D eigenvalue weighted by atomic mass is 19.4. The highest BCUT2D eigenvalue weighted by Gasteiger charge is 2.33. The molecule has 0 fully saturated rings. The molecular formula is C24H22F3N3O2. The first kappa shape index (κ1) is 23.0. The first-order valence-electron chi connectivity index (χ1n) is 9.99. The predicted molar refractivity (Wildman–Crippen MR) is 117 cm³/mol. The molecule has 3 aromatic rings. The van der Waals surface area contributed by atoms with Gasteiger partial charge in [0, 0.05) is 17.9 Å². The van der Waals surface area contributed by atoms with Crippen LogP contribution in [0.5, 0.6) is 0 Å². The molecule has 0 atom stereocenters. The molecule has 32 heavy (non-hydrogen) atoms. The summed E-state index contributed by atoms with van der Waals surface area (Å²) in [5.41, 5.74) is 1.05. The molecule has 2 amide bonds. The van der Waals surface area contributed by atoms with E-state index in [0.717, 1.165) is 23.4 Å². The van der Waals surface area contributed by atoms with E-state index >= 15 is 0 Å². The number of aryl methyl sites for hydroxylation is 1. The second-order valence-corrected chi connectivity index (χ2v) is 7.13. The highest BCUT2D eigenvalue weighted by molar-refractivity contribution is 6.05. The van der Waals surface area contributed by atoms with Crippen LogP contribution in [0.1, 0.15) is 34.2 Å². The molecule has 166 valence electrons. The average molecular weight is 441 g/mol. The Morgan fingerprint density at radius 3 is 2.19 bits per heavy atom. The smallest absolute Gasteiger partial charge is 0.322 e. The Labute approximate surface area is 183 Å². The summed E-state index contributed by atoms with van der Waals surface area (Å²) in [4.78, 5) is 30.3. The van der Waals surface area contributed by atoms with E-state index in [1.807, 2.05) is 37.3 Å². The lowest BCUT2D eigenvalue weighted by molar-refractivity contribution is -0.141. The van der Waals surface area contributed by atoms with Gasteiger partial charge >= 0.3 is 6.18 Å². The van der Waals surface area contributed by atoms with E-state index in [-0.39, 0.29) is 23.6 Å². The Hall–Kier alpha value is -3.68. The summed E-state index contributed by atoms with van der Waals surface area (Å²) in [7, 11) is 0. The van der Waals surface area contributed by atoms with Crippen LogP contribution in [-0.4, -0.2) is 23.3 Å². The van der Waals surface area contributed by atoms with Gasteiger partial charge in [0.2, 0.25) is 5.91 Å². The zero-order valence-corrected chi connectivity index (χ0v) is 17.6. The molecule has 0 unspecified atom stereocenters. The molecule has 0 bridgehead atoms. The van der Waals surface area contributed by atoms with Crippen molar-refractivity contribution >= 4 is 23.2 Å². The fraction of sp³-hybridized carbons (Fsp3) is 0.208. The predicted octanol–water partition coefficient (Wildman–Crippen LogP) is 5.26. The summed E-state index contributed by atoms with van der Waals surface area (Å²) < 4.78 is 38.3. The molecule has 1 N–H and O–H groups in total. The van der Waals surface area contributed by atoms with Crippen LogP contribution in [-0.2, 0) is 17.4 Å².